The first-order chi connectivity index (χ1) is 9.72. The van der Waals surface area contributed by atoms with Crippen LogP contribution in [0.4, 0.5) is 17.1 Å². The zero-order valence-electron chi connectivity index (χ0n) is 11.3. The summed E-state index contributed by atoms with van der Waals surface area (Å²) in [4.78, 5) is 11.3. The van der Waals surface area contributed by atoms with E-state index < -0.39 is 0 Å². The Labute approximate surface area is 117 Å². The number of benzene rings is 1. The molecule has 108 valence electrons. The van der Waals surface area contributed by atoms with Crippen molar-refractivity contribution in [2.75, 3.05) is 42.7 Å². The molecule has 1 unspecified atom stereocenters. The number of fused-ring (bicyclic) bond motifs is 1. The maximum absolute atomic E-state index is 11.3. The lowest BCUT2D eigenvalue weighted by Gasteiger charge is -2.24. The van der Waals surface area contributed by atoms with Gasteiger partial charge in [-0.25, -0.2) is 0 Å². The van der Waals surface area contributed by atoms with E-state index in [1.165, 1.54) is 0 Å². The van der Waals surface area contributed by atoms with Gasteiger partial charge in [0, 0.05) is 19.2 Å². The van der Waals surface area contributed by atoms with Crippen molar-refractivity contribution in [3.63, 3.8) is 0 Å². The zero-order chi connectivity index (χ0) is 13.9. The van der Waals surface area contributed by atoms with Crippen LogP contribution in [0.15, 0.2) is 12.1 Å². The molecule has 2 aliphatic heterocycles. The Kier molecular flexibility index (Phi) is 3.64. The van der Waals surface area contributed by atoms with Crippen LogP contribution in [0.2, 0.25) is 0 Å². The van der Waals surface area contributed by atoms with E-state index in [9.17, 15) is 4.79 Å². The molecule has 0 aromatic heterocycles. The monoisotopic (exact) mass is 277 g/mol. The molecule has 2 heterocycles. The number of ether oxygens (including phenoxy) is 2. The zero-order valence-corrected chi connectivity index (χ0v) is 11.3. The molecule has 0 radical (unpaired) electrons. The van der Waals surface area contributed by atoms with E-state index >= 15 is 0 Å². The molecule has 0 saturated carbocycles. The third-order valence-corrected chi connectivity index (χ3v) is 3.62. The molecule has 6 nitrogen and oxygen atoms in total. The van der Waals surface area contributed by atoms with Gasteiger partial charge in [0.1, 0.15) is 5.75 Å². The highest BCUT2D eigenvalue weighted by atomic mass is 16.5. The molecule has 1 amide bonds. The maximum Gasteiger partial charge on any atom is 0.262 e. The van der Waals surface area contributed by atoms with E-state index in [-0.39, 0.29) is 12.5 Å². The number of hydrogen-bond acceptors (Lipinski definition) is 5. The van der Waals surface area contributed by atoms with Crippen molar-refractivity contribution in [2.45, 2.75) is 12.8 Å². The number of rotatable bonds is 3. The molecule has 0 spiro atoms. The van der Waals surface area contributed by atoms with Crippen molar-refractivity contribution in [1.29, 1.82) is 0 Å². The number of anilines is 3. The topological polar surface area (TPSA) is 85.6 Å². The molecular formula is C14H19N3O3. The fraction of sp³-hybridized carbons (Fsp3) is 0.500. The molecule has 1 atom stereocenters. The van der Waals surface area contributed by atoms with E-state index in [0.29, 0.717) is 23.0 Å². The second-order valence-corrected chi connectivity index (χ2v) is 5.24. The van der Waals surface area contributed by atoms with Gasteiger partial charge < -0.3 is 25.8 Å². The third-order valence-electron chi connectivity index (χ3n) is 3.62. The molecule has 6 heteroatoms. The molecule has 0 bridgehead atoms. The number of nitrogen functional groups attached to an aromatic ring is 1. The number of nitrogens with one attached hydrogen (secondary N) is 2. The summed E-state index contributed by atoms with van der Waals surface area (Å²) in [5.41, 5.74) is 8.11. The summed E-state index contributed by atoms with van der Waals surface area (Å²) in [6, 6.07) is 3.57. The molecule has 1 saturated heterocycles. The van der Waals surface area contributed by atoms with Crippen LogP contribution >= 0.6 is 0 Å². The van der Waals surface area contributed by atoms with E-state index in [1.54, 1.807) is 6.07 Å². The first-order valence-corrected chi connectivity index (χ1v) is 6.90. The van der Waals surface area contributed by atoms with E-state index in [1.807, 2.05) is 6.07 Å². The number of nitrogens with two attached hydrogens (primary N) is 1. The van der Waals surface area contributed by atoms with Crippen LogP contribution < -0.4 is 21.1 Å². The molecule has 1 aromatic carbocycles. The average Bonchev–Trinajstić information content (AvgIpc) is 2.46. The standard InChI is InChI=1S/C14H19N3O3/c15-10-4-13-12(17-14(18)8-20-13)5-11(10)16-6-9-2-1-3-19-7-9/h4-5,9,16H,1-3,6-8,15H2,(H,17,18). The molecule has 3 rings (SSSR count). The van der Waals surface area contributed by atoms with Gasteiger partial charge in [-0.3, -0.25) is 4.79 Å². The van der Waals surface area contributed by atoms with Crippen LogP contribution in [0.5, 0.6) is 5.75 Å². The number of amides is 1. The molecule has 0 aliphatic carbocycles. The summed E-state index contributed by atoms with van der Waals surface area (Å²) in [5, 5.41) is 6.12. The number of carbonyl (C=O) groups excluding carboxylic acids is 1. The fourth-order valence-corrected chi connectivity index (χ4v) is 2.52. The van der Waals surface area contributed by atoms with Crippen molar-refractivity contribution >= 4 is 23.0 Å². The van der Waals surface area contributed by atoms with Crippen LogP contribution in [0.25, 0.3) is 0 Å². The van der Waals surface area contributed by atoms with Gasteiger partial charge in [-0.1, -0.05) is 0 Å². The second kappa shape index (κ2) is 5.58. The van der Waals surface area contributed by atoms with Gasteiger partial charge in [0.15, 0.2) is 6.61 Å². The Hall–Kier alpha value is -1.95. The number of hydrogen-bond donors (Lipinski definition) is 3. The Balaban J connectivity index is 1.69. The highest BCUT2D eigenvalue weighted by Gasteiger charge is 2.19. The van der Waals surface area contributed by atoms with Crippen LogP contribution in [0.3, 0.4) is 0 Å². The average molecular weight is 277 g/mol. The lowest BCUT2D eigenvalue weighted by molar-refractivity contribution is -0.118. The van der Waals surface area contributed by atoms with Crippen molar-refractivity contribution in [1.82, 2.24) is 0 Å². The lowest BCUT2D eigenvalue weighted by Crippen LogP contribution is -2.26. The minimum atomic E-state index is -0.145. The summed E-state index contributed by atoms with van der Waals surface area (Å²) in [6.07, 6.45) is 2.27. The highest BCUT2D eigenvalue weighted by Crippen LogP contribution is 2.35. The minimum Gasteiger partial charge on any atom is -0.482 e. The molecular weight excluding hydrogens is 258 g/mol. The third kappa shape index (κ3) is 2.80. The Morgan fingerprint density at radius 1 is 1.45 bits per heavy atom. The van der Waals surface area contributed by atoms with Gasteiger partial charge in [0.2, 0.25) is 0 Å². The second-order valence-electron chi connectivity index (χ2n) is 5.24. The highest BCUT2D eigenvalue weighted by molar-refractivity contribution is 5.97. The van der Waals surface area contributed by atoms with Gasteiger partial charge in [-0.05, 0) is 24.8 Å². The smallest absolute Gasteiger partial charge is 0.262 e. The minimum absolute atomic E-state index is 0.0403. The van der Waals surface area contributed by atoms with Crippen molar-refractivity contribution < 1.29 is 14.3 Å². The molecule has 2 aliphatic rings. The van der Waals surface area contributed by atoms with E-state index in [0.717, 1.165) is 38.3 Å². The predicted octanol–water partition coefficient (Wildman–Crippen LogP) is 1.44. The lowest BCUT2D eigenvalue weighted by atomic mass is 10.0. The van der Waals surface area contributed by atoms with Gasteiger partial charge in [0.05, 0.1) is 23.7 Å². The largest absolute Gasteiger partial charge is 0.482 e. The van der Waals surface area contributed by atoms with Crippen LogP contribution in [0, 0.1) is 5.92 Å². The number of carbonyl (C=O) groups is 1. The van der Waals surface area contributed by atoms with Crippen molar-refractivity contribution in [3.05, 3.63) is 12.1 Å². The Bertz CT molecular complexity index is 513. The van der Waals surface area contributed by atoms with Gasteiger partial charge in [-0.2, -0.15) is 0 Å². The molecule has 1 aromatic rings. The van der Waals surface area contributed by atoms with Crippen molar-refractivity contribution in [3.8, 4) is 5.75 Å². The summed E-state index contributed by atoms with van der Waals surface area (Å²) < 4.78 is 10.8. The predicted molar refractivity (Wildman–Crippen MR) is 77.0 cm³/mol. The van der Waals surface area contributed by atoms with Crippen LogP contribution in [-0.2, 0) is 9.53 Å². The molecule has 4 N–H and O–H groups in total. The Morgan fingerprint density at radius 3 is 3.15 bits per heavy atom. The fourth-order valence-electron chi connectivity index (χ4n) is 2.52. The first kappa shape index (κ1) is 13.1. The quantitative estimate of drug-likeness (QED) is 0.728. The molecule has 20 heavy (non-hydrogen) atoms. The van der Waals surface area contributed by atoms with Crippen molar-refractivity contribution in [2.24, 2.45) is 5.92 Å². The Morgan fingerprint density at radius 2 is 2.35 bits per heavy atom. The van der Waals surface area contributed by atoms with Crippen LogP contribution in [0.1, 0.15) is 12.8 Å². The summed E-state index contributed by atoms with van der Waals surface area (Å²) >= 11 is 0. The molecule has 1 fully saturated rings. The summed E-state index contributed by atoms with van der Waals surface area (Å²) in [7, 11) is 0. The maximum atomic E-state index is 11.3. The van der Waals surface area contributed by atoms with Gasteiger partial charge in [0.25, 0.3) is 5.91 Å². The van der Waals surface area contributed by atoms with Crippen LogP contribution in [-0.4, -0.2) is 32.3 Å². The SMILES string of the molecule is Nc1cc2c(cc1NCC1CCCOC1)NC(=O)CO2. The normalized spacial score (nSPS) is 21.6. The van der Waals surface area contributed by atoms with Gasteiger partial charge >= 0.3 is 0 Å². The van der Waals surface area contributed by atoms with E-state index in [2.05, 4.69) is 10.6 Å². The summed E-state index contributed by atoms with van der Waals surface area (Å²) in [6.45, 7) is 2.51. The first-order valence-electron chi connectivity index (χ1n) is 6.90. The summed E-state index contributed by atoms with van der Waals surface area (Å²) in [5.74, 6) is 0.979. The van der Waals surface area contributed by atoms with Gasteiger partial charge in [-0.15, -0.1) is 0 Å². The van der Waals surface area contributed by atoms with E-state index in [4.69, 9.17) is 15.2 Å².